The Labute approximate surface area is 108 Å². The molecular weight excluding hydrogens is 228 g/mol. The molecule has 1 aromatic rings. The maximum Gasteiger partial charge on any atom is 0.336 e. The summed E-state index contributed by atoms with van der Waals surface area (Å²) in [6.45, 7) is 8.05. The van der Waals surface area contributed by atoms with Gasteiger partial charge in [-0.15, -0.1) is 0 Å². The van der Waals surface area contributed by atoms with Gasteiger partial charge in [0.2, 0.25) is 0 Å². The highest BCUT2D eigenvalue weighted by Gasteiger charge is 2.08. The molecule has 0 N–H and O–H groups in total. The summed E-state index contributed by atoms with van der Waals surface area (Å²) in [4.78, 5) is 11.3. The van der Waals surface area contributed by atoms with Gasteiger partial charge in [0.25, 0.3) is 0 Å². The summed E-state index contributed by atoms with van der Waals surface area (Å²) >= 11 is 0. The van der Waals surface area contributed by atoms with Crippen LogP contribution in [-0.4, -0.2) is 19.2 Å². The fraction of sp³-hybridized carbons (Fsp3) is 0.400. The monoisotopic (exact) mass is 248 g/mol. The highest BCUT2D eigenvalue weighted by atomic mass is 16.5. The van der Waals surface area contributed by atoms with E-state index < -0.39 is 5.97 Å². The van der Waals surface area contributed by atoms with Gasteiger partial charge in [0.1, 0.15) is 12.4 Å². The SMILES string of the molecule is C=C(COc1ccc(CCC)cc1)C(=O)OCC. The van der Waals surface area contributed by atoms with E-state index in [1.807, 2.05) is 24.3 Å². The van der Waals surface area contributed by atoms with Crippen molar-refractivity contribution in [3.8, 4) is 5.75 Å². The Morgan fingerprint density at radius 2 is 1.89 bits per heavy atom. The van der Waals surface area contributed by atoms with Gasteiger partial charge in [-0.2, -0.15) is 0 Å². The van der Waals surface area contributed by atoms with E-state index in [1.165, 1.54) is 5.56 Å². The van der Waals surface area contributed by atoms with Gasteiger partial charge in [-0.3, -0.25) is 0 Å². The molecule has 0 fully saturated rings. The minimum absolute atomic E-state index is 0.159. The summed E-state index contributed by atoms with van der Waals surface area (Å²) in [5.74, 6) is 0.334. The molecule has 0 aliphatic heterocycles. The van der Waals surface area contributed by atoms with Crippen molar-refractivity contribution in [3.05, 3.63) is 42.0 Å². The van der Waals surface area contributed by atoms with Crippen molar-refractivity contribution in [2.24, 2.45) is 0 Å². The van der Waals surface area contributed by atoms with Crippen molar-refractivity contribution in [2.45, 2.75) is 26.7 Å². The highest BCUT2D eigenvalue weighted by Crippen LogP contribution is 2.14. The van der Waals surface area contributed by atoms with Gasteiger partial charge < -0.3 is 9.47 Å². The molecule has 0 aromatic heterocycles. The minimum atomic E-state index is -0.403. The van der Waals surface area contributed by atoms with E-state index in [0.29, 0.717) is 12.2 Å². The second-order valence-corrected chi connectivity index (χ2v) is 4.01. The molecule has 1 rings (SSSR count). The van der Waals surface area contributed by atoms with E-state index in [0.717, 1.165) is 18.6 Å². The fourth-order valence-corrected chi connectivity index (χ4v) is 1.50. The lowest BCUT2D eigenvalue weighted by atomic mass is 10.1. The van der Waals surface area contributed by atoms with Gasteiger partial charge in [-0.05, 0) is 31.0 Å². The normalized spacial score (nSPS) is 9.89. The number of hydrogen-bond donors (Lipinski definition) is 0. The van der Waals surface area contributed by atoms with Crippen LogP contribution in [0.25, 0.3) is 0 Å². The molecule has 0 radical (unpaired) electrons. The van der Waals surface area contributed by atoms with Crippen LogP contribution in [0.4, 0.5) is 0 Å². The quantitative estimate of drug-likeness (QED) is 0.549. The molecule has 0 spiro atoms. The molecular formula is C15H20O3. The number of aryl methyl sites for hydroxylation is 1. The standard InChI is InChI=1S/C15H20O3/c1-4-6-13-7-9-14(10-8-13)18-11-12(3)15(16)17-5-2/h7-10H,3-6,11H2,1-2H3. The first kappa shape index (κ1) is 14.3. The lowest BCUT2D eigenvalue weighted by Gasteiger charge is -2.08. The molecule has 3 heteroatoms. The van der Waals surface area contributed by atoms with Gasteiger partial charge in [0.15, 0.2) is 0 Å². The average molecular weight is 248 g/mol. The van der Waals surface area contributed by atoms with E-state index in [1.54, 1.807) is 6.92 Å². The van der Waals surface area contributed by atoms with Crippen LogP contribution in [0.5, 0.6) is 5.75 Å². The van der Waals surface area contributed by atoms with Crippen molar-refractivity contribution in [3.63, 3.8) is 0 Å². The van der Waals surface area contributed by atoms with Crippen LogP contribution in [0.2, 0.25) is 0 Å². The Balaban J connectivity index is 2.43. The molecule has 0 saturated carbocycles. The third-order valence-corrected chi connectivity index (χ3v) is 2.44. The van der Waals surface area contributed by atoms with Crippen molar-refractivity contribution in [1.82, 2.24) is 0 Å². The molecule has 0 saturated heterocycles. The summed E-state index contributed by atoms with van der Waals surface area (Å²) in [7, 11) is 0. The number of carbonyl (C=O) groups excluding carboxylic acids is 1. The molecule has 3 nitrogen and oxygen atoms in total. The number of benzene rings is 1. The van der Waals surface area contributed by atoms with E-state index in [-0.39, 0.29) is 6.61 Å². The van der Waals surface area contributed by atoms with Crippen molar-refractivity contribution >= 4 is 5.97 Å². The molecule has 0 atom stereocenters. The summed E-state index contributed by atoms with van der Waals surface area (Å²) in [6, 6.07) is 7.88. The van der Waals surface area contributed by atoms with Crippen molar-refractivity contribution < 1.29 is 14.3 Å². The second kappa shape index (κ2) is 7.54. The topological polar surface area (TPSA) is 35.5 Å². The van der Waals surface area contributed by atoms with Crippen LogP contribution in [0.1, 0.15) is 25.8 Å². The Hall–Kier alpha value is -1.77. The predicted octanol–water partition coefficient (Wildman–Crippen LogP) is 3.14. The summed E-state index contributed by atoms with van der Waals surface area (Å²) in [6.07, 6.45) is 2.19. The number of hydrogen-bond acceptors (Lipinski definition) is 3. The van der Waals surface area contributed by atoms with E-state index >= 15 is 0 Å². The Kier molecular flexibility index (Phi) is 5.98. The van der Waals surface area contributed by atoms with Crippen LogP contribution in [0.3, 0.4) is 0 Å². The summed E-state index contributed by atoms with van der Waals surface area (Å²) in [5, 5.41) is 0. The van der Waals surface area contributed by atoms with Crippen LogP contribution >= 0.6 is 0 Å². The maximum atomic E-state index is 11.3. The predicted molar refractivity (Wildman–Crippen MR) is 71.7 cm³/mol. The zero-order chi connectivity index (χ0) is 13.4. The van der Waals surface area contributed by atoms with Gasteiger partial charge in [0, 0.05) is 0 Å². The molecule has 0 aliphatic rings. The van der Waals surface area contributed by atoms with E-state index in [2.05, 4.69) is 13.5 Å². The van der Waals surface area contributed by atoms with E-state index in [4.69, 9.17) is 9.47 Å². The van der Waals surface area contributed by atoms with Crippen molar-refractivity contribution in [1.29, 1.82) is 0 Å². The van der Waals surface area contributed by atoms with Crippen LogP contribution in [-0.2, 0) is 16.0 Å². The third kappa shape index (κ3) is 4.62. The largest absolute Gasteiger partial charge is 0.489 e. The van der Waals surface area contributed by atoms with Gasteiger partial charge in [-0.1, -0.05) is 32.1 Å². The summed E-state index contributed by atoms with van der Waals surface area (Å²) < 4.78 is 10.3. The first-order chi connectivity index (χ1) is 8.67. The minimum Gasteiger partial charge on any atom is -0.489 e. The first-order valence-corrected chi connectivity index (χ1v) is 6.24. The molecule has 0 aliphatic carbocycles. The van der Waals surface area contributed by atoms with Crippen molar-refractivity contribution in [2.75, 3.05) is 13.2 Å². The molecule has 98 valence electrons. The maximum absolute atomic E-state index is 11.3. The average Bonchev–Trinajstić information content (AvgIpc) is 2.38. The Morgan fingerprint density at radius 1 is 1.22 bits per heavy atom. The fourth-order valence-electron chi connectivity index (χ4n) is 1.50. The van der Waals surface area contributed by atoms with Crippen LogP contribution in [0, 0.1) is 0 Å². The molecule has 0 bridgehead atoms. The zero-order valence-electron chi connectivity index (χ0n) is 11.1. The Bertz CT molecular complexity index is 393. The third-order valence-electron chi connectivity index (χ3n) is 2.44. The van der Waals surface area contributed by atoms with Gasteiger partial charge >= 0.3 is 5.97 Å². The van der Waals surface area contributed by atoms with Gasteiger partial charge in [-0.25, -0.2) is 4.79 Å². The molecule has 0 amide bonds. The first-order valence-electron chi connectivity index (χ1n) is 6.24. The molecule has 0 unspecified atom stereocenters. The number of ether oxygens (including phenoxy) is 2. The smallest absolute Gasteiger partial charge is 0.336 e. The lowest BCUT2D eigenvalue weighted by Crippen LogP contribution is -2.13. The second-order valence-electron chi connectivity index (χ2n) is 4.01. The number of rotatable bonds is 7. The Morgan fingerprint density at radius 3 is 2.44 bits per heavy atom. The molecule has 1 aromatic carbocycles. The number of carbonyl (C=O) groups is 1. The van der Waals surface area contributed by atoms with Gasteiger partial charge in [0.05, 0.1) is 12.2 Å². The van der Waals surface area contributed by atoms with Crippen LogP contribution in [0.15, 0.2) is 36.4 Å². The van der Waals surface area contributed by atoms with Crippen LogP contribution < -0.4 is 4.74 Å². The number of esters is 1. The summed E-state index contributed by atoms with van der Waals surface area (Å²) in [5.41, 5.74) is 1.61. The lowest BCUT2D eigenvalue weighted by molar-refractivity contribution is -0.138. The van der Waals surface area contributed by atoms with E-state index in [9.17, 15) is 4.79 Å². The molecule has 18 heavy (non-hydrogen) atoms. The zero-order valence-corrected chi connectivity index (χ0v) is 11.1. The molecule has 0 heterocycles. The highest BCUT2D eigenvalue weighted by molar-refractivity contribution is 5.88.